The maximum Gasteiger partial charge on any atom is 0.573 e. The number of thiophene rings is 1. The van der Waals surface area contributed by atoms with Gasteiger partial charge in [0, 0.05) is 0 Å². The van der Waals surface area contributed by atoms with Gasteiger partial charge in [0.15, 0.2) is 0 Å². The van der Waals surface area contributed by atoms with Gasteiger partial charge in [-0.25, -0.2) is 16.8 Å². The lowest BCUT2D eigenvalue weighted by atomic mass is 10.0. The molecule has 0 aliphatic heterocycles. The predicted octanol–water partition coefficient (Wildman–Crippen LogP) is 6.58. The monoisotopic (exact) mass is 618 g/mol. The average molecular weight is 619 g/mol. The van der Waals surface area contributed by atoms with Crippen LogP contribution in [0, 0.1) is 0 Å². The first-order valence-electron chi connectivity index (χ1n) is 10.7. The molecule has 0 bridgehead atoms. The van der Waals surface area contributed by atoms with Crippen molar-refractivity contribution in [2.45, 2.75) is 15.5 Å². The fourth-order valence-electron chi connectivity index (χ4n) is 3.34. The molecule has 0 radical (unpaired) electrons. The number of benzene rings is 3. The van der Waals surface area contributed by atoms with Crippen molar-refractivity contribution < 1.29 is 39.5 Å². The maximum absolute atomic E-state index is 13.1. The minimum atomic E-state index is -4.95. The number of hydrogen-bond donors (Lipinski definition) is 2. The molecule has 8 nitrogen and oxygen atoms in total. The highest BCUT2D eigenvalue weighted by atomic mass is 35.5. The normalized spacial score (nSPS) is 12.1. The molecule has 1 aromatic heterocycles. The second kappa shape index (κ2) is 11.0. The van der Waals surface area contributed by atoms with Crippen LogP contribution in [0.25, 0.3) is 11.1 Å². The summed E-state index contributed by atoms with van der Waals surface area (Å²) in [5.41, 5.74) is 0.971. The highest BCUT2D eigenvalue weighted by Gasteiger charge is 2.31. The van der Waals surface area contributed by atoms with E-state index in [9.17, 15) is 30.0 Å². The van der Waals surface area contributed by atoms with E-state index in [1.165, 1.54) is 31.4 Å². The Kier molecular flexibility index (Phi) is 8.02. The van der Waals surface area contributed by atoms with Gasteiger partial charge in [-0.05, 0) is 71.8 Å². The van der Waals surface area contributed by atoms with Gasteiger partial charge in [-0.15, -0.1) is 24.5 Å². The highest BCUT2D eigenvalue weighted by Crippen LogP contribution is 2.35. The van der Waals surface area contributed by atoms with Crippen LogP contribution in [-0.4, -0.2) is 30.3 Å². The van der Waals surface area contributed by atoms with E-state index in [1.807, 2.05) is 0 Å². The number of nitrogens with one attached hydrogen (secondary N) is 2. The first-order valence-corrected chi connectivity index (χ1v) is 14.9. The molecule has 206 valence electrons. The summed E-state index contributed by atoms with van der Waals surface area (Å²) >= 11 is 6.68. The molecular formula is C24H18ClF3N2O6S3. The van der Waals surface area contributed by atoms with Crippen LogP contribution >= 0.6 is 22.9 Å². The van der Waals surface area contributed by atoms with Crippen molar-refractivity contribution in [2.75, 3.05) is 16.6 Å². The second-order valence-corrected chi connectivity index (χ2v) is 13.1. The lowest BCUT2D eigenvalue weighted by Crippen LogP contribution is -2.18. The van der Waals surface area contributed by atoms with Crippen molar-refractivity contribution in [2.24, 2.45) is 0 Å². The Labute approximate surface area is 231 Å². The number of ether oxygens (including phenoxy) is 2. The molecule has 0 aliphatic rings. The molecule has 15 heteroatoms. The third kappa shape index (κ3) is 7.15. The summed E-state index contributed by atoms with van der Waals surface area (Å²) in [5.74, 6) is -0.0115. The van der Waals surface area contributed by atoms with Crippen molar-refractivity contribution in [3.63, 3.8) is 0 Å². The van der Waals surface area contributed by atoms with Gasteiger partial charge < -0.3 is 9.47 Å². The number of alkyl halides is 3. The van der Waals surface area contributed by atoms with Gasteiger partial charge in [0.2, 0.25) is 0 Å². The van der Waals surface area contributed by atoms with Gasteiger partial charge in [-0.1, -0.05) is 29.8 Å². The Hall–Kier alpha value is -3.46. The summed E-state index contributed by atoms with van der Waals surface area (Å²) < 4.78 is 103. The van der Waals surface area contributed by atoms with Gasteiger partial charge in [-0.3, -0.25) is 9.44 Å². The lowest BCUT2D eigenvalue weighted by molar-refractivity contribution is -0.274. The molecule has 0 amide bonds. The number of rotatable bonds is 9. The van der Waals surface area contributed by atoms with E-state index in [1.54, 1.807) is 30.3 Å². The molecule has 4 rings (SSSR count). The van der Waals surface area contributed by atoms with Gasteiger partial charge in [0.25, 0.3) is 20.0 Å². The zero-order valence-electron chi connectivity index (χ0n) is 19.7. The largest absolute Gasteiger partial charge is 0.573 e. The van der Waals surface area contributed by atoms with Crippen LogP contribution in [0.2, 0.25) is 4.34 Å². The second-order valence-electron chi connectivity index (χ2n) is 7.78. The summed E-state index contributed by atoms with van der Waals surface area (Å²) in [4.78, 5) is -0.384. The Balaban J connectivity index is 1.72. The molecule has 0 unspecified atom stereocenters. The Morgan fingerprint density at radius 1 is 0.744 bits per heavy atom. The summed E-state index contributed by atoms with van der Waals surface area (Å²) in [7, 11) is -7.01. The average Bonchev–Trinajstić information content (AvgIpc) is 3.31. The summed E-state index contributed by atoms with van der Waals surface area (Å²) in [6.07, 6.45) is -4.95. The summed E-state index contributed by atoms with van der Waals surface area (Å²) in [6.45, 7) is 0. The van der Waals surface area contributed by atoms with Gasteiger partial charge in [0.1, 0.15) is 15.7 Å². The number of sulfonamides is 2. The molecule has 1 heterocycles. The topological polar surface area (TPSA) is 111 Å². The van der Waals surface area contributed by atoms with E-state index in [4.69, 9.17) is 16.3 Å². The Bertz CT molecular complexity index is 1690. The number of hydrogen-bond acceptors (Lipinski definition) is 7. The van der Waals surface area contributed by atoms with Crippen molar-refractivity contribution in [3.8, 4) is 22.6 Å². The Morgan fingerprint density at radius 2 is 1.33 bits per heavy atom. The van der Waals surface area contributed by atoms with E-state index >= 15 is 0 Å². The molecule has 2 N–H and O–H groups in total. The minimum Gasteiger partial charge on any atom is -0.497 e. The molecule has 0 saturated heterocycles. The molecule has 0 atom stereocenters. The zero-order chi connectivity index (χ0) is 28.4. The van der Waals surface area contributed by atoms with Crippen LogP contribution in [0.15, 0.2) is 88.0 Å². The molecule has 0 saturated carbocycles. The van der Waals surface area contributed by atoms with E-state index < -0.39 is 32.2 Å². The zero-order valence-corrected chi connectivity index (χ0v) is 22.9. The van der Waals surface area contributed by atoms with Gasteiger partial charge >= 0.3 is 6.36 Å². The summed E-state index contributed by atoms with van der Waals surface area (Å²) in [5, 5.41) is 0. The van der Waals surface area contributed by atoms with Crippen LogP contribution in [0.3, 0.4) is 0 Å². The van der Waals surface area contributed by atoms with Crippen LogP contribution in [0.1, 0.15) is 0 Å². The SMILES string of the molecule is COc1ccc(-c2ccc(NS(=O)(=O)c3ccc(Cl)s3)c(NS(=O)(=O)c3ccc(OC(F)(F)F)cc3)c2)cc1. The maximum atomic E-state index is 13.1. The highest BCUT2D eigenvalue weighted by molar-refractivity contribution is 7.94. The number of methoxy groups -OCH3 is 1. The van der Waals surface area contributed by atoms with Crippen molar-refractivity contribution in [1.82, 2.24) is 0 Å². The molecule has 4 aromatic rings. The lowest BCUT2D eigenvalue weighted by Gasteiger charge is -2.16. The van der Waals surface area contributed by atoms with Crippen molar-refractivity contribution >= 4 is 54.4 Å². The molecule has 3 aromatic carbocycles. The standard InChI is InChI=1S/C24H18ClF3N2O6S3/c1-35-17-5-2-15(3-6-17)16-4-11-20(29-39(33,34)23-13-12-22(25)37-23)21(14-16)30-38(31,32)19-9-7-18(8-10-19)36-24(26,27)28/h2-14,29-30H,1H3. The smallest absolute Gasteiger partial charge is 0.497 e. The van der Waals surface area contributed by atoms with Crippen molar-refractivity contribution in [3.05, 3.63) is 83.2 Å². The van der Waals surface area contributed by atoms with E-state index in [2.05, 4.69) is 14.2 Å². The van der Waals surface area contributed by atoms with Crippen LogP contribution < -0.4 is 18.9 Å². The van der Waals surface area contributed by atoms with E-state index in [0.717, 1.165) is 35.6 Å². The van der Waals surface area contributed by atoms with Crippen molar-refractivity contribution in [1.29, 1.82) is 0 Å². The third-order valence-corrected chi connectivity index (χ3v) is 9.58. The van der Waals surface area contributed by atoms with Crippen LogP contribution in [0.5, 0.6) is 11.5 Å². The van der Waals surface area contributed by atoms with Crippen LogP contribution in [-0.2, 0) is 20.0 Å². The first-order chi connectivity index (χ1) is 18.3. The fourth-order valence-corrected chi connectivity index (χ4v) is 6.98. The predicted molar refractivity (Wildman–Crippen MR) is 143 cm³/mol. The summed E-state index contributed by atoms with van der Waals surface area (Å²) in [6, 6.07) is 17.5. The molecule has 0 spiro atoms. The molecule has 0 fully saturated rings. The van der Waals surface area contributed by atoms with Gasteiger partial charge in [-0.2, -0.15) is 0 Å². The molecule has 0 aliphatic carbocycles. The number of anilines is 2. The third-order valence-electron chi connectivity index (χ3n) is 5.11. The molecular weight excluding hydrogens is 601 g/mol. The van der Waals surface area contributed by atoms with Gasteiger partial charge in [0.05, 0.1) is 27.7 Å². The minimum absolute atomic E-state index is 0.0965. The van der Waals surface area contributed by atoms with Crippen LogP contribution in [0.4, 0.5) is 24.5 Å². The Morgan fingerprint density at radius 3 is 1.90 bits per heavy atom. The van der Waals surface area contributed by atoms with E-state index in [0.29, 0.717) is 16.9 Å². The van der Waals surface area contributed by atoms with E-state index in [-0.39, 0.29) is 24.8 Å². The fraction of sp³-hybridized carbons (Fsp3) is 0.0833. The quantitative estimate of drug-likeness (QED) is 0.219. The number of halogens is 4. The first kappa shape index (κ1) is 28.5. The molecule has 39 heavy (non-hydrogen) atoms.